The Kier molecular flexibility index (Phi) is 4.35. The Morgan fingerprint density at radius 1 is 1.42 bits per heavy atom. The molecule has 3 aromatic rings. The van der Waals surface area contributed by atoms with Crippen LogP contribution in [0.15, 0.2) is 35.4 Å². The molecule has 7 heteroatoms. The van der Waals surface area contributed by atoms with Crippen molar-refractivity contribution in [2.24, 2.45) is 0 Å². The predicted molar refractivity (Wildman–Crippen MR) is 95.2 cm³/mol. The van der Waals surface area contributed by atoms with Crippen LogP contribution in [0.1, 0.15) is 22.2 Å². The van der Waals surface area contributed by atoms with Crippen molar-refractivity contribution in [3.05, 3.63) is 51.4 Å². The lowest BCUT2D eigenvalue weighted by Crippen LogP contribution is -2.19. The summed E-state index contributed by atoms with van der Waals surface area (Å²) in [7, 11) is 1.57. The van der Waals surface area contributed by atoms with Gasteiger partial charge in [-0.1, -0.05) is 6.07 Å². The van der Waals surface area contributed by atoms with E-state index in [1.807, 2.05) is 6.92 Å². The molecule has 3 rings (SSSR count). The van der Waals surface area contributed by atoms with Crippen LogP contribution in [-0.2, 0) is 6.54 Å². The zero-order valence-electron chi connectivity index (χ0n) is 13.6. The molecule has 0 atom stereocenters. The van der Waals surface area contributed by atoms with Gasteiger partial charge in [0.05, 0.1) is 23.7 Å². The summed E-state index contributed by atoms with van der Waals surface area (Å²) in [6.45, 7) is 4.21. The van der Waals surface area contributed by atoms with Crippen LogP contribution in [0, 0.1) is 6.92 Å². The Morgan fingerprint density at radius 3 is 2.92 bits per heavy atom. The molecular formula is C17H17N3O3S. The van der Waals surface area contributed by atoms with E-state index < -0.39 is 0 Å². The first-order valence-corrected chi connectivity index (χ1v) is 8.30. The lowest BCUT2D eigenvalue weighted by Gasteiger charge is -2.06. The molecule has 0 aliphatic heterocycles. The van der Waals surface area contributed by atoms with Crippen LogP contribution >= 0.6 is 11.3 Å². The van der Waals surface area contributed by atoms with Crippen molar-refractivity contribution in [3.63, 3.8) is 0 Å². The summed E-state index contributed by atoms with van der Waals surface area (Å²) in [5.41, 5.74) is 1.18. The molecule has 0 bridgehead atoms. The van der Waals surface area contributed by atoms with Gasteiger partial charge in [0.25, 0.3) is 11.5 Å². The highest BCUT2D eigenvalue weighted by Crippen LogP contribution is 2.28. The fourth-order valence-electron chi connectivity index (χ4n) is 2.49. The fraction of sp³-hybridized carbons (Fsp3) is 0.235. The Balaban J connectivity index is 1.99. The number of nitrogens with one attached hydrogen (secondary N) is 1. The van der Waals surface area contributed by atoms with Crippen molar-refractivity contribution < 1.29 is 9.53 Å². The Bertz CT molecular complexity index is 975. The monoisotopic (exact) mass is 343 g/mol. The average molecular weight is 343 g/mol. The molecule has 0 spiro atoms. The summed E-state index contributed by atoms with van der Waals surface area (Å²) in [5.74, 6) is 0.402. The second-order valence-corrected chi connectivity index (χ2v) is 6.26. The zero-order chi connectivity index (χ0) is 17.3. The SMILES string of the molecule is CCn1cnc2sc(C(=O)Nc3cccc(OC)c3)c(C)c2c1=O. The first-order valence-electron chi connectivity index (χ1n) is 7.49. The second kappa shape index (κ2) is 6.45. The molecule has 24 heavy (non-hydrogen) atoms. The summed E-state index contributed by atoms with van der Waals surface area (Å²) in [4.78, 5) is 30.4. The molecule has 2 heterocycles. The van der Waals surface area contributed by atoms with E-state index in [1.54, 1.807) is 38.3 Å². The molecule has 1 N–H and O–H groups in total. The molecule has 0 radical (unpaired) electrons. The predicted octanol–water partition coefficient (Wildman–Crippen LogP) is 3.05. The van der Waals surface area contributed by atoms with Crippen LogP contribution in [0.5, 0.6) is 5.75 Å². The van der Waals surface area contributed by atoms with Gasteiger partial charge in [-0.05, 0) is 31.5 Å². The van der Waals surface area contributed by atoms with Crippen LogP contribution < -0.4 is 15.6 Å². The van der Waals surface area contributed by atoms with Gasteiger partial charge in [0.15, 0.2) is 0 Å². The molecule has 124 valence electrons. The van der Waals surface area contributed by atoms with Crippen molar-refractivity contribution in [2.75, 3.05) is 12.4 Å². The maximum Gasteiger partial charge on any atom is 0.266 e. The van der Waals surface area contributed by atoms with Gasteiger partial charge in [-0.3, -0.25) is 14.2 Å². The van der Waals surface area contributed by atoms with Gasteiger partial charge in [-0.2, -0.15) is 0 Å². The highest BCUT2D eigenvalue weighted by molar-refractivity contribution is 7.20. The normalized spacial score (nSPS) is 10.8. The number of anilines is 1. The standard InChI is InChI=1S/C17H17N3O3S/c1-4-20-9-18-16-13(17(20)22)10(2)14(24-16)15(21)19-11-6-5-7-12(8-11)23-3/h5-9H,4H2,1-3H3,(H,19,21). The lowest BCUT2D eigenvalue weighted by molar-refractivity contribution is 0.103. The van der Waals surface area contributed by atoms with E-state index in [0.29, 0.717) is 38.6 Å². The molecular weight excluding hydrogens is 326 g/mol. The third kappa shape index (κ3) is 2.78. The van der Waals surface area contributed by atoms with E-state index in [2.05, 4.69) is 10.3 Å². The molecule has 0 aliphatic rings. The van der Waals surface area contributed by atoms with E-state index in [9.17, 15) is 9.59 Å². The molecule has 1 aromatic carbocycles. The van der Waals surface area contributed by atoms with Gasteiger partial charge in [-0.15, -0.1) is 11.3 Å². The molecule has 6 nitrogen and oxygen atoms in total. The molecule has 0 aliphatic carbocycles. The number of aromatic nitrogens is 2. The number of fused-ring (bicyclic) bond motifs is 1. The van der Waals surface area contributed by atoms with Crippen molar-refractivity contribution in [1.82, 2.24) is 9.55 Å². The largest absolute Gasteiger partial charge is 0.497 e. The highest BCUT2D eigenvalue weighted by atomic mass is 32.1. The number of carbonyl (C=O) groups excluding carboxylic acids is 1. The third-order valence-electron chi connectivity index (χ3n) is 3.79. The number of methoxy groups -OCH3 is 1. The maximum atomic E-state index is 12.6. The van der Waals surface area contributed by atoms with Crippen LogP contribution in [0.2, 0.25) is 0 Å². The third-order valence-corrected chi connectivity index (χ3v) is 4.99. The molecule has 0 saturated carbocycles. The lowest BCUT2D eigenvalue weighted by atomic mass is 10.2. The number of benzene rings is 1. The molecule has 0 saturated heterocycles. The van der Waals surface area contributed by atoms with Crippen molar-refractivity contribution in [2.45, 2.75) is 20.4 Å². The van der Waals surface area contributed by atoms with Gasteiger partial charge in [-0.25, -0.2) is 4.98 Å². The fourth-order valence-corrected chi connectivity index (χ4v) is 3.52. The summed E-state index contributed by atoms with van der Waals surface area (Å²) in [5, 5.41) is 3.35. The summed E-state index contributed by atoms with van der Waals surface area (Å²) in [6.07, 6.45) is 1.52. The van der Waals surface area contributed by atoms with Crippen LogP contribution in [0.3, 0.4) is 0 Å². The van der Waals surface area contributed by atoms with Gasteiger partial charge in [0, 0.05) is 18.3 Å². The first kappa shape index (κ1) is 16.2. The van der Waals surface area contributed by atoms with E-state index in [4.69, 9.17) is 4.74 Å². The van der Waals surface area contributed by atoms with Crippen LogP contribution in [0.4, 0.5) is 5.69 Å². The minimum absolute atomic E-state index is 0.114. The average Bonchev–Trinajstić information content (AvgIpc) is 2.93. The summed E-state index contributed by atoms with van der Waals surface area (Å²) in [6, 6.07) is 7.12. The molecule has 1 amide bonds. The summed E-state index contributed by atoms with van der Waals surface area (Å²) >= 11 is 1.23. The number of amides is 1. The van der Waals surface area contributed by atoms with Crippen molar-refractivity contribution >= 4 is 33.1 Å². The minimum atomic E-state index is -0.258. The zero-order valence-corrected chi connectivity index (χ0v) is 14.4. The van der Waals surface area contributed by atoms with E-state index in [-0.39, 0.29) is 11.5 Å². The van der Waals surface area contributed by atoms with Crippen LogP contribution in [-0.4, -0.2) is 22.6 Å². The topological polar surface area (TPSA) is 73.2 Å². The van der Waals surface area contributed by atoms with Gasteiger partial charge >= 0.3 is 0 Å². The van der Waals surface area contributed by atoms with Crippen molar-refractivity contribution in [3.8, 4) is 5.75 Å². The summed E-state index contributed by atoms with van der Waals surface area (Å²) < 4.78 is 6.69. The number of ether oxygens (including phenoxy) is 1. The van der Waals surface area contributed by atoms with Crippen LogP contribution in [0.25, 0.3) is 10.2 Å². The molecule has 2 aromatic heterocycles. The number of nitrogens with zero attached hydrogens (tertiary/aromatic N) is 2. The highest BCUT2D eigenvalue weighted by Gasteiger charge is 2.19. The minimum Gasteiger partial charge on any atom is -0.497 e. The maximum absolute atomic E-state index is 12.6. The molecule has 0 unspecified atom stereocenters. The van der Waals surface area contributed by atoms with E-state index >= 15 is 0 Å². The number of carbonyl (C=O) groups is 1. The van der Waals surface area contributed by atoms with Gasteiger partial charge < -0.3 is 10.1 Å². The number of hydrogen-bond donors (Lipinski definition) is 1. The Morgan fingerprint density at radius 2 is 2.21 bits per heavy atom. The number of hydrogen-bond acceptors (Lipinski definition) is 5. The Labute approximate surface area is 142 Å². The van der Waals surface area contributed by atoms with Gasteiger partial charge in [0.2, 0.25) is 0 Å². The molecule has 0 fully saturated rings. The van der Waals surface area contributed by atoms with Gasteiger partial charge in [0.1, 0.15) is 10.6 Å². The quantitative estimate of drug-likeness (QED) is 0.790. The van der Waals surface area contributed by atoms with E-state index in [1.165, 1.54) is 22.2 Å². The first-order chi connectivity index (χ1) is 11.5. The number of rotatable bonds is 4. The van der Waals surface area contributed by atoms with E-state index in [0.717, 1.165) is 0 Å². The van der Waals surface area contributed by atoms with Crippen molar-refractivity contribution in [1.29, 1.82) is 0 Å². The smallest absolute Gasteiger partial charge is 0.266 e. The Hall–Kier alpha value is -2.67. The second-order valence-electron chi connectivity index (χ2n) is 5.26. The number of thiophene rings is 1. The number of aryl methyl sites for hydroxylation is 2.